The Morgan fingerprint density at radius 2 is 1.90 bits per heavy atom. The van der Waals surface area contributed by atoms with Crippen LogP contribution in [0.1, 0.15) is 19.3 Å². The van der Waals surface area contributed by atoms with E-state index in [9.17, 15) is 0 Å². The van der Waals surface area contributed by atoms with E-state index in [4.69, 9.17) is 16.0 Å². The van der Waals surface area contributed by atoms with Gasteiger partial charge in [-0.15, -0.1) is 11.6 Å². The van der Waals surface area contributed by atoms with Gasteiger partial charge in [0.15, 0.2) is 9.04 Å². The highest BCUT2D eigenvalue weighted by Crippen LogP contribution is 1.98. The van der Waals surface area contributed by atoms with Gasteiger partial charge in [-0.2, -0.15) is 0 Å². The largest absolute Gasteiger partial charge is 0.421 e. The Morgan fingerprint density at radius 1 is 1.20 bits per heavy atom. The molecule has 0 aromatic rings. The van der Waals surface area contributed by atoms with E-state index in [1.54, 1.807) is 0 Å². The van der Waals surface area contributed by atoms with Crippen molar-refractivity contribution in [2.45, 2.75) is 32.4 Å². The van der Waals surface area contributed by atoms with Gasteiger partial charge in [0.2, 0.25) is 0 Å². The lowest BCUT2D eigenvalue weighted by molar-refractivity contribution is 0.314. The zero-order chi connectivity index (χ0) is 7.82. The highest BCUT2D eigenvalue weighted by molar-refractivity contribution is 6.48. The van der Waals surface area contributed by atoms with Crippen molar-refractivity contribution in [2.75, 3.05) is 12.5 Å². The molecule has 0 rings (SSSR count). The van der Waals surface area contributed by atoms with Crippen LogP contribution in [0.15, 0.2) is 0 Å². The first kappa shape index (κ1) is 10.5. The van der Waals surface area contributed by atoms with E-state index in [-0.39, 0.29) is 0 Å². The summed E-state index contributed by atoms with van der Waals surface area (Å²) >= 11 is 5.51. The molecule has 0 aliphatic carbocycles. The lowest BCUT2D eigenvalue weighted by Gasteiger charge is -2.04. The molecule has 0 aromatic carbocycles. The fourth-order valence-electron chi connectivity index (χ4n) is 0.692. The van der Waals surface area contributed by atoms with E-state index in [0.29, 0.717) is 0 Å². The number of alkyl halides is 1. The molecule has 10 heavy (non-hydrogen) atoms. The maximum atomic E-state index is 5.51. The molecule has 0 aliphatic rings. The minimum atomic E-state index is -0.755. The molecular weight excluding hydrogens is 164 g/mol. The zero-order valence-electron chi connectivity index (χ0n) is 6.90. The summed E-state index contributed by atoms with van der Waals surface area (Å²) in [4.78, 5) is 0. The molecule has 0 saturated heterocycles. The third kappa shape index (κ3) is 8.47. The van der Waals surface area contributed by atoms with Crippen molar-refractivity contribution in [1.29, 1.82) is 0 Å². The number of hydrogen-bond acceptors (Lipinski definition) is 1. The molecule has 0 bridgehead atoms. The Balaban J connectivity index is 2.77. The van der Waals surface area contributed by atoms with E-state index >= 15 is 0 Å². The molecule has 0 radical (unpaired) electrons. The third-order valence-electron chi connectivity index (χ3n) is 1.23. The van der Waals surface area contributed by atoms with Gasteiger partial charge in [-0.05, 0) is 25.9 Å². The quantitative estimate of drug-likeness (QED) is 0.347. The van der Waals surface area contributed by atoms with Crippen molar-refractivity contribution in [3.8, 4) is 0 Å². The highest BCUT2D eigenvalue weighted by atomic mass is 35.5. The molecule has 0 spiro atoms. The maximum Gasteiger partial charge on any atom is 0.170 e. The van der Waals surface area contributed by atoms with Crippen molar-refractivity contribution < 1.29 is 4.43 Å². The van der Waals surface area contributed by atoms with Crippen LogP contribution in [0.3, 0.4) is 0 Å². The predicted molar refractivity (Wildman–Crippen MR) is 49.4 cm³/mol. The van der Waals surface area contributed by atoms with E-state index in [1.807, 2.05) is 0 Å². The highest BCUT2D eigenvalue weighted by Gasteiger charge is 1.93. The Kier molecular flexibility index (Phi) is 7.93. The summed E-state index contributed by atoms with van der Waals surface area (Å²) in [6.07, 6.45) is 3.52. The van der Waals surface area contributed by atoms with Crippen LogP contribution >= 0.6 is 11.6 Å². The summed E-state index contributed by atoms with van der Waals surface area (Å²) < 4.78 is 5.48. The van der Waals surface area contributed by atoms with Gasteiger partial charge in [0.1, 0.15) is 0 Å². The average Bonchev–Trinajstić information content (AvgIpc) is 1.87. The van der Waals surface area contributed by atoms with Crippen molar-refractivity contribution >= 4 is 20.6 Å². The molecule has 0 unspecified atom stereocenters. The summed E-state index contributed by atoms with van der Waals surface area (Å²) in [6, 6.07) is 0. The van der Waals surface area contributed by atoms with E-state index in [1.165, 1.54) is 12.8 Å². The minimum Gasteiger partial charge on any atom is -0.421 e. The van der Waals surface area contributed by atoms with Crippen molar-refractivity contribution in [3.05, 3.63) is 0 Å². The predicted octanol–water partition coefficient (Wildman–Crippen LogP) is 2.40. The fraction of sp³-hybridized carbons (Fsp3) is 1.00. The smallest absolute Gasteiger partial charge is 0.170 e. The number of unbranched alkanes of at least 4 members (excludes halogenated alkanes) is 2. The number of halogens is 1. The lowest BCUT2D eigenvalue weighted by atomic mass is 10.3. The van der Waals surface area contributed by atoms with Crippen LogP contribution in [0.25, 0.3) is 0 Å². The average molecular weight is 181 g/mol. The first-order valence-electron chi connectivity index (χ1n) is 3.95. The monoisotopic (exact) mass is 180 g/mol. The minimum absolute atomic E-state index is 0.755. The van der Waals surface area contributed by atoms with Gasteiger partial charge >= 0.3 is 0 Å². The summed E-state index contributed by atoms with van der Waals surface area (Å²) in [5.41, 5.74) is 0. The lowest BCUT2D eigenvalue weighted by Crippen LogP contribution is -2.08. The molecule has 62 valence electrons. The fourth-order valence-corrected chi connectivity index (χ4v) is 1.52. The van der Waals surface area contributed by atoms with Crippen molar-refractivity contribution in [2.24, 2.45) is 0 Å². The van der Waals surface area contributed by atoms with Gasteiger partial charge in [0.05, 0.1) is 0 Å². The second kappa shape index (κ2) is 7.57. The van der Waals surface area contributed by atoms with Crippen LogP contribution < -0.4 is 0 Å². The Morgan fingerprint density at radius 3 is 2.40 bits per heavy atom. The molecule has 1 nitrogen and oxygen atoms in total. The first-order valence-corrected chi connectivity index (χ1v) is 7.26. The SMILES string of the molecule is C[SiH](C)OCCCCCCl. The van der Waals surface area contributed by atoms with Crippen LogP contribution in [0.5, 0.6) is 0 Å². The van der Waals surface area contributed by atoms with Crippen molar-refractivity contribution in [3.63, 3.8) is 0 Å². The molecule has 0 atom stereocenters. The molecule has 0 heterocycles. The van der Waals surface area contributed by atoms with Gasteiger partial charge < -0.3 is 4.43 Å². The van der Waals surface area contributed by atoms with Crippen LogP contribution in [-0.4, -0.2) is 21.5 Å². The van der Waals surface area contributed by atoms with Crippen LogP contribution in [0, 0.1) is 0 Å². The van der Waals surface area contributed by atoms with Gasteiger partial charge in [-0.25, -0.2) is 0 Å². The summed E-state index contributed by atoms with van der Waals surface area (Å²) in [6.45, 7) is 5.34. The Bertz CT molecular complexity index is 68.6. The molecule has 0 N–H and O–H groups in total. The molecule has 3 heteroatoms. The first-order chi connectivity index (χ1) is 4.77. The topological polar surface area (TPSA) is 9.23 Å². The van der Waals surface area contributed by atoms with E-state index in [0.717, 1.165) is 18.9 Å². The summed E-state index contributed by atoms with van der Waals surface area (Å²) in [7, 11) is -0.755. The molecule has 0 aliphatic heterocycles. The number of hydrogen-bond donors (Lipinski definition) is 0. The normalized spacial score (nSPS) is 10.8. The van der Waals surface area contributed by atoms with Crippen LogP contribution in [0.4, 0.5) is 0 Å². The zero-order valence-corrected chi connectivity index (χ0v) is 8.81. The van der Waals surface area contributed by atoms with Crippen LogP contribution in [0.2, 0.25) is 13.1 Å². The summed E-state index contributed by atoms with van der Waals surface area (Å²) in [5.74, 6) is 0.791. The maximum absolute atomic E-state index is 5.51. The molecule has 0 saturated carbocycles. The third-order valence-corrected chi connectivity index (χ3v) is 2.40. The van der Waals surface area contributed by atoms with Gasteiger partial charge in [-0.1, -0.05) is 6.42 Å². The Labute approximate surface area is 70.4 Å². The van der Waals surface area contributed by atoms with Gasteiger partial charge in [0, 0.05) is 12.5 Å². The second-order valence-electron chi connectivity index (χ2n) is 2.67. The molecular formula is C7H17ClOSi. The molecule has 0 fully saturated rings. The van der Waals surface area contributed by atoms with E-state index in [2.05, 4.69) is 13.1 Å². The molecule has 0 aromatic heterocycles. The van der Waals surface area contributed by atoms with Crippen molar-refractivity contribution in [1.82, 2.24) is 0 Å². The van der Waals surface area contributed by atoms with E-state index < -0.39 is 9.04 Å². The van der Waals surface area contributed by atoms with Crippen LogP contribution in [-0.2, 0) is 4.43 Å². The van der Waals surface area contributed by atoms with Gasteiger partial charge in [-0.3, -0.25) is 0 Å². The number of rotatable bonds is 6. The standard InChI is InChI=1S/C7H17ClOSi/c1-10(2)9-7-5-3-4-6-8/h10H,3-7H2,1-2H3. The van der Waals surface area contributed by atoms with Gasteiger partial charge in [0.25, 0.3) is 0 Å². The Hall–Kier alpha value is 0.467. The molecule has 0 amide bonds. The summed E-state index contributed by atoms with van der Waals surface area (Å²) in [5, 5.41) is 0. The second-order valence-corrected chi connectivity index (χ2v) is 5.48.